The van der Waals surface area contributed by atoms with Crippen LogP contribution in [0.25, 0.3) is 0 Å². The van der Waals surface area contributed by atoms with Gasteiger partial charge in [0.2, 0.25) is 0 Å². The lowest BCUT2D eigenvalue weighted by molar-refractivity contribution is 0.0954. The van der Waals surface area contributed by atoms with E-state index in [1.54, 1.807) is 79.7 Å². The Hall–Kier alpha value is -3.15. The van der Waals surface area contributed by atoms with Gasteiger partial charge in [0.15, 0.2) is 0 Å². The molecule has 3 rings (SSSR count). The van der Waals surface area contributed by atoms with Gasteiger partial charge in [-0.1, -0.05) is 47.5 Å². The highest BCUT2D eigenvalue weighted by Crippen LogP contribution is 2.15. The normalized spacial score (nSPS) is 11.1. The van der Waals surface area contributed by atoms with Crippen LogP contribution in [0.4, 0.5) is 5.69 Å². The van der Waals surface area contributed by atoms with Gasteiger partial charge >= 0.3 is 0 Å². The van der Waals surface area contributed by atoms with Crippen LogP contribution < -0.4 is 10.7 Å². The van der Waals surface area contributed by atoms with Crippen molar-refractivity contribution in [2.24, 2.45) is 5.10 Å². The molecule has 3 aromatic carbocycles. The molecule has 2 amide bonds. The zero-order valence-electron chi connectivity index (χ0n) is 15.4. The Bertz CT molecular complexity index is 1080. The quantitative estimate of drug-likeness (QED) is 0.424. The fourth-order valence-corrected chi connectivity index (χ4v) is 2.90. The van der Waals surface area contributed by atoms with Crippen molar-refractivity contribution in [2.75, 3.05) is 5.32 Å². The van der Waals surface area contributed by atoms with Gasteiger partial charge in [0, 0.05) is 26.9 Å². The van der Waals surface area contributed by atoms with E-state index < -0.39 is 0 Å². The summed E-state index contributed by atoms with van der Waals surface area (Å²) in [5.41, 5.74) is 5.46. The smallest absolute Gasteiger partial charge is 0.271 e. The minimum Gasteiger partial charge on any atom is -0.322 e. The molecule has 0 unspecified atom stereocenters. The van der Waals surface area contributed by atoms with Crippen LogP contribution in [0.2, 0.25) is 10.0 Å². The molecule has 3 aromatic rings. The first kappa shape index (κ1) is 20.6. The summed E-state index contributed by atoms with van der Waals surface area (Å²) in [6.45, 7) is 1.78. The van der Waals surface area contributed by atoms with E-state index in [2.05, 4.69) is 15.8 Å². The lowest BCUT2D eigenvalue weighted by Crippen LogP contribution is -2.19. The molecular formula is C22H17Cl2N3O2. The van der Waals surface area contributed by atoms with E-state index in [0.29, 0.717) is 32.6 Å². The van der Waals surface area contributed by atoms with Crippen molar-refractivity contribution in [1.82, 2.24) is 5.43 Å². The maximum absolute atomic E-state index is 12.3. The molecule has 146 valence electrons. The minimum atomic E-state index is -0.350. The van der Waals surface area contributed by atoms with Crippen molar-refractivity contribution in [1.29, 1.82) is 0 Å². The summed E-state index contributed by atoms with van der Waals surface area (Å²) in [6.07, 6.45) is 0. The molecule has 7 heteroatoms. The fraction of sp³-hybridized carbons (Fsp3) is 0.0455. The number of halogens is 2. The molecule has 0 aliphatic rings. The maximum atomic E-state index is 12.3. The number of anilines is 1. The largest absolute Gasteiger partial charge is 0.322 e. The third-order valence-corrected chi connectivity index (χ3v) is 4.53. The van der Waals surface area contributed by atoms with E-state index in [1.807, 2.05) is 0 Å². The van der Waals surface area contributed by atoms with Crippen molar-refractivity contribution in [3.63, 3.8) is 0 Å². The Morgan fingerprint density at radius 1 is 0.759 bits per heavy atom. The van der Waals surface area contributed by atoms with Crippen molar-refractivity contribution in [2.45, 2.75) is 6.92 Å². The van der Waals surface area contributed by atoms with Crippen LogP contribution in [0.3, 0.4) is 0 Å². The SMILES string of the molecule is C/C(=N/NC(=O)c1cccc(Cl)c1)c1ccc(NC(=O)c2cccc(Cl)c2)cc1. The highest BCUT2D eigenvalue weighted by molar-refractivity contribution is 6.31. The molecule has 0 spiro atoms. The number of hydrogen-bond donors (Lipinski definition) is 2. The van der Waals surface area contributed by atoms with Crippen LogP contribution in [0.15, 0.2) is 77.9 Å². The molecule has 0 aromatic heterocycles. The molecule has 5 nitrogen and oxygen atoms in total. The first-order valence-electron chi connectivity index (χ1n) is 8.70. The van der Waals surface area contributed by atoms with Crippen LogP contribution in [-0.2, 0) is 0 Å². The second-order valence-electron chi connectivity index (χ2n) is 6.19. The Kier molecular flexibility index (Phi) is 6.65. The second-order valence-corrected chi connectivity index (χ2v) is 7.06. The standard InChI is InChI=1S/C22H17Cl2N3O2/c1-14(26-27-22(29)17-5-3-7-19(24)13-17)15-8-10-20(11-9-15)25-21(28)16-4-2-6-18(23)12-16/h2-13H,1H3,(H,25,28)(H,27,29)/b26-14-. The van der Waals surface area contributed by atoms with Crippen molar-refractivity contribution < 1.29 is 9.59 Å². The lowest BCUT2D eigenvalue weighted by atomic mass is 10.1. The van der Waals surface area contributed by atoms with Gasteiger partial charge in [-0.2, -0.15) is 5.10 Å². The van der Waals surface area contributed by atoms with Crippen LogP contribution in [-0.4, -0.2) is 17.5 Å². The summed E-state index contributed by atoms with van der Waals surface area (Å²) >= 11 is 11.8. The van der Waals surface area contributed by atoms with Crippen LogP contribution in [0.5, 0.6) is 0 Å². The summed E-state index contributed by atoms with van der Waals surface area (Å²) in [7, 11) is 0. The predicted molar refractivity (Wildman–Crippen MR) is 117 cm³/mol. The Morgan fingerprint density at radius 3 is 1.86 bits per heavy atom. The lowest BCUT2D eigenvalue weighted by Gasteiger charge is -2.07. The average molecular weight is 426 g/mol. The number of carbonyl (C=O) groups is 2. The molecule has 0 heterocycles. The third-order valence-electron chi connectivity index (χ3n) is 4.06. The van der Waals surface area contributed by atoms with E-state index >= 15 is 0 Å². The summed E-state index contributed by atoms with van der Waals surface area (Å²) < 4.78 is 0. The van der Waals surface area contributed by atoms with E-state index in [4.69, 9.17) is 23.2 Å². The highest BCUT2D eigenvalue weighted by atomic mass is 35.5. The van der Waals surface area contributed by atoms with Crippen LogP contribution in [0, 0.1) is 0 Å². The molecule has 0 saturated heterocycles. The topological polar surface area (TPSA) is 70.6 Å². The zero-order chi connectivity index (χ0) is 20.8. The van der Waals surface area contributed by atoms with Crippen LogP contribution >= 0.6 is 23.2 Å². The van der Waals surface area contributed by atoms with E-state index in [9.17, 15) is 9.59 Å². The molecular weight excluding hydrogens is 409 g/mol. The Labute approximate surface area is 178 Å². The molecule has 0 aliphatic heterocycles. The molecule has 0 fully saturated rings. The van der Waals surface area contributed by atoms with E-state index in [1.165, 1.54) is 0 Å². The highest BCUT2D eigenvalue weighted by Gasteiger charge is 2.08. The fourth-order valence-electron chi connectivity index (χ4n) is 2.52. The number of carbonyl (C=O) groups excluding carboxylic acids is 2. The van der Waals surface area contributed by atoms with Gasteiger partial charge in [0.25, 0.3) is 11.8 Å². The van der Waals surface area contributed by atoms with E-state index in [0.717, 1.165) is 5.56 Å². The molecule has 0 radical (unpaired) electrons. The van der Waals surface area contributed by atoms with Crippen molar-refractivity contribution >= 4 is 46.4 Å². The Balaban J connectivity index is 1.63. The molecule has 0 aliphatic carbocycles. The molecule has 0 bridgehead atoms. The number of nitrogens with zero attached hydrogens (tertiary/aromatic N) is 1. The monoisotopic (exact) mass is 425 g/mol. The number of hydrogen-bond acceptors (Lipinski definition) is 3. The van der Waals surface area contributed by atoms with Crippen LogP contribution in [0.1, 0.15) is 33.2 Å². The van der Waals surface area contributed by atoms with E-state index in [-0.39, 0.29) is 11.8 Å². The third kappa shape index (κ3) is 5.67. The predicted octanol–water partition coefficient (Wildman–Crippen LogP) is 5.40. The number of amides is 2. The first-order chi connectivity index (χ1) is 13.9. The summed E-state index contributed by atoms with van der Waals surface area (Å²) in [4.78, 5) is 24.4. The summed E-state index contributed by atoms with van der Waals surface area (Å²) in [5, 5.41) is 7.91. The van der Waals surface area contributed by atoms with Gasteiger partial charge in [-0.05, 0) is 61.0 Å². The van der Waals surface area contributed by atoms with Gasteiger partial charge in [-0.25, -0.2) is 5.43 Å². The zero-order valence-corrected chi connectivity index (χ0v) is 17.0. The summed E-state index contributed by atoms with van der Waals surface area (Å²) in [6, 6.07) is 20.5. The van der Waals surface area contributed by atoms with Gasteiger partial charge in [0.1, 0.15) is 0 Å². The molecule has 0 saturated carbocycles. The van der Waals surface area contributed by atoms with Gasteiger partial charge in [-0.15, -0.1) is 0 Å². The first-order valence-corrected chi connectivity index (χ1v) is 9.45. The van der Waals surface area contributed by atoms with Gasteiger partial charge in [0.05, 0.1) is 5.71 Å². The minimum absolute atomic E-state index is 0.251. The number of benzene rings is 3. The number of hydrazone groups is 1. The summed E-state index contributed by atoms with van der Waals surface area (Å²) in [5.74, 6) is -0.600. The molecule has 0 atom stereocenters. The average Bonchev–Trinajstić information content (AvgIpc) is 2.72. The Morgan fingerprint density at radius 2 is 1.31 bits per heavy atom. The van der Waals surface area contributed by atoms with Crippen molar-refractivity contribution in [3.8, 4) is 0 Å². The molecule has 2 N–H and O–H groups in total. The number of nitrogens with one attached hydrogen (secondary N) is 2. The maximum Gasteiger partial charge on any atom is 0.271 e. The van der Waals surface area contributed by atoms with Crippen molar-refractivity contribution in [3.05, 3.63) is 99.5 Å². The molecule has 29 heavy (non-hydrogen) atoms. The van der Waals surface area contributed by atoms with Gasteiger partial charge in [-0.3, -0.25) is 9.59 Å². The number of rotatable bonds is 5. The second kappa shape index (κ2) is 9.37. The van der Waals surface area contributed by atoms with Gasteiger partial charge < -0.3 is 5.32 Å².